The van der Waals surface area contributed by atoms with Gasteiger partial charge in [-0.15, -0.1) is 0 Å². The number of nitrogens with zero attached hydrogens (tertiary/aromatic N) is 8. The number of imide groups is 1. The number of H-pyrrole nitrogens is 1. The highest BCUT2D eigenvalue weighted by Gasteiger charge is 2.27. The molecule has 0 aliphatic carbocycles. The molecule has 15 nitrogen and oxygen atoms in total. The van der Waals surface area contributed by atoms with Gasteiger partial charge in [0.15, 0.2) is 5.65 Å². The molecule has 3 aliphatic rings. The highest BCUT2D eigenvalue weighted by Crippen LogP contribution is 2.32. The number of piperidine rings is 1. The van der Waals surface area contributed by atoms with Gasteiger partial charge in [-0.2, -0.15) is 10.1 Å². The van der Waals surface area contributed by atoms with Gasteiger partial charge < -0.3 is 19.6 Å². The second-order valence-corrected chi connectivity index (χ2v) is 17.7. The predicted molar refractivity (Wildman–Crippen MR) is 239 cm³/mol. The molecule has 0 saturated carbocycles. The van der Waals surface area contributed by atoms with Crippen LogP contribution in [0.5, 0.6) is 0 Å². The normalized spacial score (nSPS) is 16.9. The summed E-state index contributed by atoms with van der Waals surface area (Å²) in [5.41, 5.74) is 9.54. The number of aromatic amines is 1. The van der Waals surface area contributed by atoms with Gasteiger partial charge in [0, 0.05) is 111 Å². The van der Waals surface area contributed by atoms with Crippen molar-refractivity contribution in [2.45, 2.75) is 58.9 Å². The van der Waals surface area contributed by atoms with Crippen molar-refractivity contribution in [2.75, 3.05) is 67.1 Å². The van der Waals surface area contributed by atoms with Crippen molar-refractivity contribution >= 4 is 45.9 Å². The lowest BCUT2D eigenvalue weighted by Gasteiger charge is -2.40. The minimum absolute atomic E-state index is 0.0266. The lowest BCUT2D eigenvalue weighted by Crippen LogP contribution is -2.49. The molecule has 15 heteroatoms. The molecule has 0 unspecified atom stereocenters. The maximum Gasteiger partial charge on any atom is 0.328 e. The number of pyridine rings is 1. The molecular formula is C47H53N11O4. The Morgan fingerprint density at radius 1 is 0.823 bits per heavy atom. The second-order valence-electron chi connectivity index (χ2n) is 17.7. The number of nitrogens with one attached hydrogen (secondary N) is 3. The molecule has 0 radical (unpaired) electrons. The molecule has 4 amide bonds. The molecule has 6 heterocycles. The lowest BCUT2D eigenvalue weighted by molar-refractivity contribution is -0.120. The SMILES string of the molecule is Cc1cc(-c2n[nH]c3ncc(-c4ccc(N5CCN(CC6CCN(c7ccc(N8CCC(=O)NC8=O)cc7)CC6)CC5)cc4)cc23)ccc1CNC(=O)c1noc(C(C)(C)C)n1. The summed E-state index contributed by atoms with van der Waals surface area (Å²) < 4.78 is 5.28. The fraction of sp³-hybridized carbons (Fsp3) is 0.383. The number of carbonyl (C=O) groups is 3. The summed E-state index contributed by atoms with van der Waals surface area (Å²) in [4.78, 5) is 54.7. The van der Waals surface area contributed by atoms with E-state index in [1.807, 2.05) is 58.2 Å². The smallest absolute Gasteiger partial charge is 0.328 e. The Balaban J connectivity index is 0.759. The van der Waals surface area contributed by atoms with Gasteiger partial charge in [-0.1, -0.05) is 50.2 Å². The average molecular weight is 836 g/mol. The van der Waals surface area contributed by atoms with Gasteiger partial charge in [0.05, 0.1) is 0 Å². The maximum atomic E-state index is 12.7. The van der Waals surface area contributed by atoms with Crippen molar-refractivity contribution in [3.8, 4) is 22.4 Å². The third-order valence-corrected chi connectivity index (χ3v) is 12.4. The van der Waals surface area contributed by atoms with Crippen molar-refractivity contribution in [1.82, 2.24) is 40.9 Å². The number of fused-ring (bicyclic) bond motifs is 1. The van der Waals surface area contributed by atoms with E-state index >= 15 is 0 Å². The molecule has 3 saturated heterocycles. The highest BCUT2D eigenvalue weighted by atomic mass is 16.5. The van der Waals surface area contributed by atoms with Crippen LogP contribution in [-0.2, 0) is 16.8 Å². The van der Waals surface area contributed by atoms with Gasteiger partial charge in [0.2, 0.25) is 11.8 Å². The molecule has 9 rings (SSSR count). The molecule has 3 fully saturated rings. The third kappa shape index (κ3) is 8.75. The molecule has 3 N–H and O–H groups in total. The standard InChI is InChI=1S/C47H53N11O4/c1-30-25-33(5-6-34(30)27-49-44(60)43-51-45(62-54-43)47(2,3)4)41-39-26-35(28-48-42(39)53-52-41)32-7-9-36(10-8-32)57-23-21-55(22-24-57)29-31-15-18-56(19-16-31)37-11-13-38(14-12-37)58-20-17-40(59)50-46(58)61/h5-14,25-26,28,31H,15-24,27,29H2,1-4H3,(H,49,60)(H,48,52,53)(H,50,59,61). The van der Waals surface area contributed by atoms with Crippen LogP contribution in [0.3, 0.4) is 0 Å². The lowest BCUT2D eigenvalue weighted by atomic mass is 9.95. The molecule has 0 spiro atoms. The number of benzene rings is 3. The summed E-state index contributed by atoms with van der Waals surface area (Å²) in [5, 5.41) is 17.9. The van der Waals surface area contributed by atoms with Gasteiger partial charge in [-0.3, -0.25) is 29.8 Å². The van der Waals surface area contributed by atoms with E-state index in [4.69, 9.17) is 9.51 Å². The minimum atomic E-state index is -0.380. The number of piperazine rings is 1. The van der Waals surface area contributed by atoms with E-state index < -0.39 is 0 Å². The Kier molecular flexibility index (Phi) is 11.2. The molecule has 3 aromatic heterocycles. The van der Waals surface area contributed by atoms with Crippen molar-refractivity contribution in [1.29, 1.82) is 0 Å². The van der Waals surface area contributed by atoms with Crippen LogP contribution in [0.4, 0.5) is 21.9 Å². The van der Waals surface area contributed by atoms with Crippen molar-refractivity contribution in [2.24, 2.45) is 5.92 Å². The quantitative estimate of drug-likeness (QED) is 0.134. The maximum absolute atomic E-state index is 12.7. The van der Waals surface area contributed by atoms with E-state index in [9.17, 15) is 14.4 Å². The van der Waals surface area contributed by atoms with E-state index in [0.29, 0.717) is 31.3 Å². The predicted octanol–water partition coefficient (Wildman–Crippen LogP) is 6.70. The van der Waals surface area contributed by atoms with Crippen LogP contribution in [0.25, 0.3) is 33.4 Å². The fourth-order valence-electron chi connectivity index (χ4n) is 8.64. The van der Waals surface area contributed by atoms with E-state index in [2.05, 4.69) is 94.2 Å². The largest absolute Gasteiger partial charge is 0.372 e. The monoisotopic (exact) mass is 835 g/mol. The third-order valence-electron chi connectivity index (χ3n) is 12.4. The number of hydrogen-bond donors (Lipinski definition) is 3. The van der Waals surface area contributed by atoms with E-state index in [1.54, 1.807) is 4.90 Å². The number of urea groups is 1. The summed E-state index contributed by atoms with van der Waals surface area (Å²) in [5.74, 6) is 0.533. The van der Waals surface area contributed by atoms with Gasteiger partial charge in [-0.05, 0) is 90.9 Å². The number of anilines is 3. The van der Waals surface area contributed by atoms with E-state index in [0.717, 1.165) is 109 Å². The highest BCUT2D eigenvalue weighted by molar-refractivity contribution is 6.05. The molecule has 0 bridgehead atoms. The van der Waals surface area contributed by atoms with Crippen LogP contribution < -0.4 is 25.3 Å². The number of carbonyl (C=O) groups excluding carboxylic acids is 3. The zero-order chi connectivity index (χ0) is 43.0. The molecule has 3 aliphatic heterocycles. The topological polar surface area (TPSA) is 169 Å². The zero-order valence-electron chi connectivity index (χ0n) is 35.8. The summed E-state index contributed by atoms with van der Waals surface area (Å²) >= 11 is 0. The second kappa shape index (κ2) is 17.0. The summed E-state index contributed by atoms with van der Waals surface area (Å²) in [6.07, 6.45) is 4.55. The molecule has 320 valence electrons. The fourth-order valence-corrected chi connectivity index (χ4v) is 8.64. The average Bonchev–Trinajstić information content (AvgIpc) is 3.96. The summed E-state index contributed by atoms with van der Waals surface area (Å²) in [6, 6.07) is 24.9. The minimum Gasteiger partial charge on any atom is -0.372 e. The van der Waals surface area contributed by atoms with Gasteiger partial charge >= 0.3 is 6.03 Å². The van der Waals surface area contributed by atoms with Crippen LogP contribution >= 0.6 is 0 Å². The Morgan fingerprint density at radius 3 is 2.18 bits per heavy atom. The van der Waals surface area contributed by atoms with Crippen molar-refractivity contribution < 1.29 is 18.9 Å². The molecule has 0 atom stereocenters. The van der Waals surface area contributed by atoms with Crippen LogP contribution in [0.1, 0.15) is 67.7 Å². The number of hydrogen-bond acceptors (Lipinski definition) is 11. The van der Waals surface area contributed by atoms with Gasteiger partial charge in [-0.25, -0.2) is 9.78 Å². The Bertz CT molecular complexity index is 2580. The van der Waals surface area contributed by atoms with Gasteiger partial charge in [0.25, 0.3) is 11.7 Å². The first kappa shape index (κ1) is 40.8. The summed E-state index contributed by atoms with van der Waals surface area (Å²) in [6.45, 7) is 15.9. The Hall–Kier alpha value is -6.61. The molecule has 62 heavy (non-hydrogen) atoms. The van der Waals surface area contributed by atoms with E-state index in [1.165, 1.54) is 11.4 Å². The molecule has 3 aromatic carbocycles. The summed E-state index contributed by atoms with van der Waals surface area (Å²) in [7, 11) is 0. The van der Waals surface area contributed by atoms with Crippen LogP contribution in [-0.4, -0.2) is 100 Å². The Labute approximate surface area is 360 Å². The zero-order valence-corrected chi connectivity index (χ0v) is 35.8. The first-order chi connectivity index (χ1) is 29.9. The van der Waals surface area contributed by atoms with Gasteiger partial charge in [0.1, 0.15) is 5.69 Å². The van der Waals surface area contributed by atoms with E-state index in [-0.39, 0.29) is 29.1 Å². The number of aryl methyl sites for hydroxylation is 1. The van der Waals surface area contributed by atoms with Crippen molar-refractivity contribution in [3.63, 3.8) is 0 Å². The number of amides is 4. The van der Waals surface area contributed by atoms with Crippen molar-refractivity contribution in [3.05, 3.63) is 102 Å². The molecular weight excluding hydrogens is 783 g/mol. The van der Waals surface area contributed by atoms with Crippen LogP contribution in [0.15, 0.2) is 83.5 Å². The first-order valence-corrected chi connectivity index (χ1v) is 21.6. The number of rotatable bonds is 10. The Morgan fingerprint density at radius 2 is 1.50 bits per heavy atom. The van der Waals surface area contributed by atoms with Crippen LogP contribution in [0.2, 0.25) is 0 Å². The first-order valence-electron chi connectivity index (χ1n) is 21.6. The molecule has 6 aromatic rings. The number of aromatic nitrogens is 5. The van der Waals surface area contributed by atoms with Crippen LogP contribution in [0, 0.1) is 12.8 Å².